The highest BCUT2D eigenvalue weighted by atomic mass is 16.5. The molecule has 0 spiro atoms. The number of hydrogen-bond donors (Lipinski definition) is 1. The summed E-state index contributed by atoms with van der Waals surface area (Å²) in [6, 6.07) is 9.92. The van der Waals surface area contributed by atoms with Crippen LogP contribution in [-0.4, -0.2) is 15.1 Å². The molecule has 6 nitrogen and oxygen atoms in total. The van der Waals surface area contributed by atoms with Crippen molar-refractivity contribution in [3.63, 3.8) is 0 Å². The predicted molar refractivity (Wildman–Crippen MR) is 88.0 cm³/mol. The maximum Gasteiger partial charge on any atom is 0.227 e. The first-order valence-electron chi connectivity index (χ1n) is 8.35. The van der Waals surface area contributed by atoms with Gasteiger partial charge in [-0.15, -0.1) is 0 Å². The van der Waals surface area contributed by atoms with Gasteiger partial charge in [-0.1, -0.05) is 48.3 Å². The van der Waals surface area contributed by atoms with E-state index in [1.54, 1.807) is 6.20 Å². The van der Waals surface area contributed by atoms with Gasteiger partial charge in [-0.05, 0) is 12.8 Å². The summed E-state index contributed by atoms with van der Waals surface area (Å²) in [6.07, 6.45) is 7.05. The Morgan fingerprint density at radius 1 is 1.04 bits per heavy atom. The molecule has 0 radical (unpaired) electrons. The van der Waals surface area contributed by atoms with Gasteiger partial charge >= 0.3 is 0 Å². The highest BCUT2D eigenvalue weighted by molar-refractivity contribution is 5.55. The highest BCUT2D eigenvalue weighted by Crippen LogP contribution is 2.34. The summed E-state index contributed by atoms with van der Waals surface area (Å²) in [5, 5.41) is 4.07. The first-order valence-corrected chi connectivity index (χ1v) is 8.35. The second kappa shape index (κ2) is 6.20. The number of aromatic nitrogens is 3. The molecule has 2 heterocycles. The molecule has 0 unspecified atom stereocenters. The minimum absolute atomic E-state index is 0.412. The molecule has 0 saturated heterocycles. The van der Waals surface area contributed by atoms with Crippen LogP contribution in [0.2, 0.25) is 0 Å². The van der Waals surface area contributed by atoms with Crippen LogP contribution in [0.25, 0.3) is 11.3 Å². The van der Waals surface area contributed by atoms with Gasteiger partial charge in [0.2, 0.25) is 5.89 Å². The van der Waals surface area contributed by atoms with Gasteiger partial charge in [0.15, 0.2) is 17.5 Å². The lowest BCUT2D eigenvalue weighted by Gasteiger charge is -2.17. The fraction of sp³-hybridized carbons (Fsp3) is 0.389. The van der Waals surface area contributed by atoms with Crippen molar-refractivity contribution in [2.45, 2.75) is 44.1 Å². The van der Waals surface area contributed by atoms with E-state index in [-0.39, 0.29) is 0 Å². The summed E-state index contributed by atoms with van der Waals surface area (Å²) in [7, 11) is 0. The van der Waals surface area contributed by atoms with Crippen LogP contribution in [0.4, 0.5) is 0 Å². The number of rotatable bonds is 5. The molecule has 124 valence electrons. The Bertz CT molecular complexity index is 803. The first-order chi connectivity index (χ1) is 11.7. The number of hydrogen-bond acceptors (Lipinski definition) is 6. The van der Waals surface area contributed by atoms with Crippen LogP contribution in [0.3, 0.4) is 0 Å². The van der Waals surface area contributed by atoms with Gasteiger partial charge in [-0.25, -0.2) is 4.98 Å². The quantitative estimate of drug-likeness (QED) is 0.774. The van der Waals surface area contributed by atoms with Crippen LogP contribution < -0.4 is 5.73 Å². The fourth-order valence-electron chi connectivity index (χ4n) is 3.16. The van der Waals surface area contributed by atoms with E-state index >= 15 is 0 Å². The molecule has 24 heavy (non-hydrogen) atoms. The van der Waals surface area contributed by atoms with Crippen molar-refractivity contribution in [3.8, 4) is 11.3 Å². The Balaban J connectivity index is 1.41. The van der Waals surface area contributed by atoms with Crippen LogP contribution in [-0.2, 0) is 18.4 Å². The van der Waals surface area contributed by atoms with Gasteiger partial charge in [-0.3, -0.25) is 0 Å². The molecule has 2 aromatic heterocycles. The Morgan fingerprint density at radius 3 is 2.58 bits per heavy atom. The lowest BCUT2D eigenvalue weighted by molar-refractivity contribution is 0.346. The third kappa shape index (κ3) is 2.97. The third-order valence-electron chi connectivity index (χ3n) is 4.57. The van der Waals surface area contributed by atoms with Crippen molar-refractivity contribution in [2.75, 3.05) is 0 Å². The molecule has 1 fully saturated rings. The van der Waals surface area contributed by atoms with Gasteiger partial charge in [-0.2, -0.15) is 4.98 Å². The summed E-state index contributed by atoms with van der Waals surface area (Å²) in [5.41, 5.74) is 6.96. The molecular weight excluding hydrogens is 304 g/mol. The molecule has 1 aromatic carbocycles. The van der Waals surface area contributed by atoms with Gasteiger partial charge in [0.25, 0.3) is 0 Å². The van der Waals surface area contributed by atoms with E-state index in [2.05, 4.69) is 15.1 Å². The Kier molecular flexibility index (Phi) is 3.90. The SMILES string of the molecule is NC1(c2noc(CCc3ncc(-c4ccccc4)o3)n2)CCCC1. The molecule has 0 bridgehead atoms. The number of oxazole rings is 1. The minimum atomic E-state index is -0.412. The Morgan fingerprint density at radius 2 is 1.79 bits per heavy atom. The normalized spacial score (nSPS) is 16.5. The Labute approximate surface area is 140 Å². The van der Waals surface area contributed by atoms with Crippen molar-refractivity contribution in [3.05, 3.63) is 54.1 Å². The average Bonchev–Trinajstić information content (AvgIpc) is 3.35. The third-order valence-corrected chi connectivity index (χ3v) is 4.57. The lowest BCUT2D eigenvalue weighted by atomic mass is 9.99. The van der Waals surface area contributed by atoms with Gasteiger partial charge in [0, 0.05) is 18.4 Å². The molecule has 0 amide bonds. The zero-order chi connectivity index (χ0) is 16.4. The number of nitrogens with zero attached hydrogens (tertiary/aromatic N) is 3. The zero-order valence-electron chi connectivity index (χ0n) is 13.4. The molecule has 3 aromatic rings. The topological polar surface area (TPSA) is 91.0 Å². The van der Waals surface area contributed by atoms with Crippen molar-refractivity contribution >= 4 is 0 Å². The van der Waals surface area contributed by atoms with Crippen LogP contribution in [0.15, 0.2) is 45.5 Å². The Hall–Kier alpha value is -2.47. The molecule has 1 aliphatic rings. The number of aryl methyl sites for hydroxylation is 2. The maximum atomic E-state index is 6.35. The van der Waals surface area contributed by atoms with E-state index < -0.39 is 5.54 Å². The second-order valence-electron chi connectivity index (χ2n) is 6.36. The first kappa shape index (κ1) is 15.1. The summed E-state index contributed by atoms with van der Waals surface area (Å²) >= 11 is 0. The van der Waals surface area contributed by atoms with Gasteiger partial charge in [0.1, 0.15) is 0 Å². The largest absolute Gasteiger partial charge is 0.441 e. The van der Waals surface area contributed by atoms with E-state index in [1.807, 2.05) is 30.3 Å². The molecule has 2 N–H and O–H groups in total. The second-order valence-corrected chi connectivity index (χ2v) is 6.36. The summed E-state index contributed by atoms with van der Waals surface area (Å²) in [6.45, 7) is 0. The molecular formula is C18H20N4O2. The smallest absolute Gasteiger partial charge is 0.227 e. The molecule has 4 rings (SSSR count). The summed E-state index contributed by atoms with van der Waals surface area (Å²) in [4.78, 5) is 8.80. The lowest BCUT2D eigenvalue weighted by Crippen LogP contribution is -2.34. The van der Waals surface area contributed by atoms with E-state index in [1.165, 1.54) is 0 Å². The van der Waals surface area contributed by atoms with Gasteiger partial charge in [0.05, 0.1) is 11.7 Å². The molecule has 6 heteroatoms. The standard InChI is InChI=1S/C18H20N4O2/c19-18(10-4-5-11-18)17-21-16(24-22-17)9-8-15-20-12-14(23-15)13-6-2-1-3-7-13/h1-3,6-7,12H,4-5,8-11,19H2. The van der Waals surface area contributed by atoms with Crippen LogP contribution in [0.5, 0.6) is 0 Å². The van der Waals surface area contributed by atoms with Crippen LogP contribution in [0.1, 0.15) is 43.3 Å². The van der Waals surface area contributed by atoms with E-state index in [4.69, 9.17) is 14.7 Å². The van der Waals surface area contributed by atoms with E-state index in [0.717, 1.165) is 37.0 Å². The van der Waals surface area contributed by atoms with Crippen molar-refractivity contribution in [1.29, 1.82) is 0 Å². The van der Waals surface area contributed by atoms with Crippen LogP contribution >= 0.6 is 0 Å². The van der Waals surface area contributed by atoms with Gasteiger partial charge < -0.3 is 14.7 Å². The maximum absolute atomic E-state index is 6.35. The molecule has 1 aliphatic carbocycles. The fourth-order valence-corrected chi connectivity index (χ4v) is 3.16. The zero-order valence-corrected chi connectivity index (χ0v) is 13.4. The van der Waals surface area contributed by atoms with Crippen LogP contribution in [0, 0.1) is 0 Å². The van der Waals surface area contributed by atoms with E-state index in [9.17, 15) is 0 Å². The number of nitrogens with two attached hydrogens (primary N) is 1. The summed E-state index contributed by atoms with van der Waals surface area (Å²) in [5.74, 6) is 2.65. The van der Waals surface area contributed by atoms with Crippen molar-refractivity contribution < 1.29 is 8.94 Å². The minimum Gasteiger partial charge on any atom is -0.441 e. The van der Waals surface area contributed by atoms with Crippen molar-refractivity contribution in [2.24, 2.45) is 5.73 Å². The molecule has 0 aliphatic heterocycles. The molecule has 0 atom stereocenters. The highest BCUT2D eigenvalue weighted by Gasteiger charge is 2.35. The average molecular weight is 324 g/mol. The number of benzene rings is 1. The predicted octanol–water partition coefficient (Wildman–Crippen LogP) is 3.24. The monoisotopic (exact) mass is 324 g/mol. The van der Waals surface area contributed by atoms with E-state index in [0.29, 0.717) is 30.4 Å². The summed E-state index contributed by atoms with van der Waals surface area (Å²) < 4.78 is 11.1. The van der Waals surface area contributed by atoms with Crippen molar-refractivity contribution in [1.82, 2.24) is 15.1 Å². The molecule has 1 saturated carbocycles.